The molecule has 0 saturated carbocycles. The van der Waals surface area contributed by atoms with Crippen molar-refractivity contribution in [3.05, 3.63) is 54.1 Å². The van der Waals surface area contributed by atoms with Crippen molar-refractivity contribution in [2.45, 2.75) is 18.9 Å². The number of hydrogen-bond donors (Lipinski definition) is 1. The van der Waals surface area contributed by atoms with E-state index in [9.17, 15) is 9.59 Å². The van der Waals surface area contributed by atoms with Crippen molar-refractivity contribution in [1.82, 2.24) is 15.1 Å². The first kappa shape index (κ1) is 20.8. The second-order valence-electron chi connectivity index (χ2n) is 6.96. The predicted octanol–water partition coefficient (Wildman–Crippen LogP) is 3.47. The Morgan fingerprint density at radius 1 is 1.03 bits per heavy atom. The zero-order valence-electron chi connectivity index (χ0n) is 17.2. The van der Waals surface area contributed by atoms with Crippen LogP contribution in [0.3, 0.4) is 0 Å². The molecule has 160 valence electrons. The van der Waals surface area contributed by atoms with E-state index in [2.05, 4.69) is 15.5 Å². The number of carbonyl (C=O) groups excluding carboxylic acids is 2. The number of amides is 2. The number of rotatable bonds is 6. The van der Waals surface area contributed by atoms with Crippen LogP contribution in [0.2, 0.25) is 0 Å². The first-order chi connectivity index (χ1) is 15.1. The molecular weight excluding hydrogens is 416 g/mol. The number of ether oxygens (including phenoxy) is 2. The summed E-state index contributed by atoms with van der Waals surface area (Å²) in [5, 5.41) is 12.2. The lowest BCUT2D eigenvalue weighted by Crippen LogP contribution is -2.43. The average molecular weight is 439 g/mol. The number of nitrogens with one attached hydrogen (secondary N) is 1. The fraction of sp³-hybridized carbons (Fsp3) is 0.273. The van der Waals surface area contributed by atoms with Crippen LogP contribution < -0.4 is 14.8 Å². The van der Waals surface area contributed by atoms with Gasteiger partial charge in [0.05, 0.1) is 14.2 Å². The van der Waals surface area contributed by atoms with Crippen LogP contribution in [0.5, 0.6) is 11.5 Å². The highest BCUT2D eigenvalue weighted by Gasteiger charge is 2.37. The van der Waals surface area contributed by atoms with Gasteiger partial charge in [-0.05, 0) is 25.0 Å². The third-order valence-corrected chi connectivity index (χ3v) is 6.02. The highest BCUT2D eigenvalue weighted by Crippen LogP contribution is 2.33. The lowest BCUT2D eigenvalue weighted by Gasteiger charge is -2.25. The summed E-state index contributed by atoms with van der Waals surface area (Å²) in [6.45, 7) is 0.476. The summed E-state index contributed by atoms with van der Waals surface area (Å²) >= 11 is 1.29. The standard InChI is InChI=1S/C22H22N4O4S/c1-29-16-11-6-12-17(30-2)18(16)21(28)26-13-7-10-15(26)19(27)23-22-25-24-20(31-22)14-8-4-3-5-9-14/h3-6,8-9,11-12,15H,7,10,13H2,1-2H3,(H,23,25,27). The van der Waals surface area contributed by atoms with Gasteiger partial charge in [0.15, 0.2) is 0 Å². The minimum absolute atomic E-state index is 0.282. The van der Waals surface area contributed by atoms with Gasteiger partial charge in [0.25, 0.3) is 5.91 Å². The summed E-state index contributed by atoms with van der Waals surface area (Å²) < 4.78 is 10.7. The molecule has 2 aromatic carbocycles. The number of methoxy groups -OCH3 is 2. The first-order valence-electron chi connectivity index (χ1n) is 9.84. The second kappa shape index (κ2) is 9.13. The van der Waals surface area contributed by atoms with Crippen molar-refractivity contribution >= 4 is 28.3 Å². The number of hydrogen-bond acceptors (Lipinski definition) is 7. The molecule has 9 heteroatoms. The van der Waals surface area contributed by atoms with E-state index in [1.54, 1.807) is 23.1 Å². The summed E-state index contributed by atoms with van der Waals surface area (Å²) in [7, 11) is 3.00. The molecule has 1 aromatic heterocycles. The normalized spacial score (nSPS) is 15.5. The smallest absolute Gasteiger partial charge is 0.262 e. The quantitative estimate of drug-likeness (QED) is 0.633. The van der Waals surface area contributed by atoms with Crippen molar-refractivity contribution in [1.29, 1.82) is 0 Å². The summed E-state index contributed by atoms with van der Waals surface area (Å²) in [5.41, 5.74) is 1.25. The van der Waals surface area contributed by atoms with E-state index in [-0.39, 0.29) is 11.8 Å². The minimum Gasteiger partial charge on any atom is -0.496 e. The Hall–Kier alpha value is -3.46. The SMILES string of the molecule is COc1cccc(OC)c1C(=O)N1CCCC1C(=O)Nc1nnc(-c2ccccc2)s1. The molecule has 1 atom stereocenters. The molecule has 0 aliphatic carbocycles. The fourth-order valence-electron chi connectivity index (χ4n) is 3.65. The molecule has 2 heterocycles. The molecule has 1 N–H and O–H groups in total. The Bertz CT molecular complexity index is 1060. The van der Waals surface area contributed by atoms with Gasteiger partial charge < -0.3 is 14.4 Å². The van der Waals surface area contributed by atoms with E-state index in [1.807, 2.05) is 30.3 Å². The second-order valence-corrected chi connectivity index (χ2v) is 7.94. The van der Waals surface area contributed by atoms with Crippen LogP contribution in [0.25, 0.3) is 10.6 Å². The lowest BCUT2D eigenvalue weighted by atomic mass is 10.1. The van der Waals surface area contributed by atoms with Crippen LogP contribution in [-0.2, 0) is 4.79 Å². The van der Waals surface area contributed by atoms with E-state index in [4.69, 9.17) is 9.47 Å². The Morgan fingerprint density at radius 3 is 2.42 bits per heavy atom. The largest absolute Gasteiger partial charge is 0.496 e. The maximum absolute atomic E-state index is 13.3. The molecular formula is C22H22N4O4S. The van der Waals surface area contributed by atoms with Gasteiger partial charge in [0.1, 0.15) is 28.1 Å². The molecule has 0 radical (unpaired) electrons. The zero-order chi connectivity index (χ0) is 21.8. The topological polar surface area (TPSA) is 93.7 Å². The Labute approximate surface area is 183 Å². The third kappa shape index (κ3) is 4.22. The molecule has 1 fully saturated rings. The fourth-order valence-corrected chi connectivity index (χ4v) is 4.40. The average Bonchev–Trinajstić information content (AvgIpc) is 3.48. The van der Waals surface area contributed by atoms with Gasteiger partial charge in [-0.1, -0.05) is 47.7 Å². The van der Waals surface area contributed by atoms with Gasteiger partial charge in [-0.2, -0.15) is 0 Å². The number of anilines is 1. The van der Waals surface area contributed by atoms with E-state index >= 15 is 0 Å². The first-order valence-corrected chi connectivity index (χ1v) is 10.7. The maximum atomic E-state index is 13.3. The molecule has 4 rings (SSSR count). The van der Waals surface area contributed by atoms with Crippen molar-refractivity contribution in [2.24, 2.45) is 0 Å². The minimum atomic E-state index is -0.605. The van der Waals surface area contributed by atoms with E-state index in [1.165, 1.54) is 25.6 Å². The van der Waals surface area contributed by atoms with Crippen molar-refractivity contribution < 1.29 is 19.1 Å². The highest BCUT2D eigenvalue weighted by atomic mass is 32.1. The molecule has 0 spiro atoms. The van der Waals surface area contributed by atoms with E-state index in [0.29, 0.717) is 40.2 Å². The molecule has 1 aliphatic heterocycles. The number of nitrogens with zero attached hydrogens (tertiary/aromatic N) is 3. The molecule has 2 amide bonds. The monoisotopic (exact) mass is 438 g/mol. The lowest BCUT2D eigenvalue weighted by molar-refractivity contribution is -0.119. The number of carbonyl (C=O) groups is 2. The Kier molecular flexibility index (Phi) is 6.13. The molecule has 0 bridgehead atoms. The van der Waals surface area contributed by atoms with Crippen molar-refractivity contribution in [2.75, 3.05) is 26.1 Å². The van der Waals surface area contributed by atoms with Gasteiger partial charge in [-0.3, -0.25) is 14.9 Å². The Balaban J connectivity index is 1.52. The summed E-state index contributed by atoms with van der Waals surface area (Å²) in [4.78, 5) is 27.9. The van der Waals surface area contributed by atoms with E-state index in [0.717, 1.165) is 12.0 Å². The Morgan fingerprint density at radius 2 is 1.74 bits per heavy atom. The summed E-state index contributed by atoms with van der Waals surface area (Å²) in [5.74, 6) is 0.240. The van der Waals surface area contributed by atoms with Crippen LogP contribution in [0.1, 0.15) is 23.2 Å². The van der Waals surface area contributed by atoms with Gasteiger partial charge >= 0.3 is 0 Å². The van der Waals surface area contributed by atoms with Crippen LogP contribution in [0, 0.1) is 0 Å². The van der Waals surface area contributed by atoms with Crippen LogP contribution in [-0.4, -0.2) is 53.7 Å². The summed E-state index contributed by atoms with van der Waals surface area (Å²) in [6.07, 6.45) is 1.30. The van der Waals surface area contributed by atoms with Crippen molar-refractivity contribution in [3.63, 3.8) is 0 Å². The highest BCUT2D eigenvalue weighted by molar-refractivity contribution is 7.18. The maximum Gasteiger partial charge on any atom is 0.262 e. The third-order valence-electron chi connectivity index (χ3n) is 5.13. The molecule has 3 aromatic rings. The van der Waals surface area contributed by atoms with Crippen LogP contribution in [0.4, 0.5) is 5.13 Å². The zero-order valence-corrected chi connectivity index (χ0v) is 18.0. The molecule has 1 aliphatic rings. The number of aromatic nitrogens is 2. The number of likely N-dealkylation sites (tertiary alicyclic amines) is 1. The number of benzene rings is 2. The van der Waals surface area contributed by atoms with Crippen LogP contribution >= 0.6 is 11.3 Å². The van der Waals surface area contributed by atoms with Gasteiger partial charge in [-0.15, -0.1) is 10.2 Å². The molecule has 31 heavy (non-hydrogen) atoms. The van der Waals surface area contributed by atoms with Gasteiger partial charge in [-0.25, -0.2) is 0 Å². The molecule has 8 nitrogen and oxygen atoms in total. The van der Waals surface area contributed by atoms with Gasteiger partial charge in [0.2, 0.25) is 11.0 Å². The van der Waals surface area contributed by atoms with Crippen LogP contribution in [0.15, 0.2) is 48.5 Å². The van der Waals surface area contributed by atoms with E-state index < -0.39 is 6.04 Å². The predicted molar refractivity (Wildman–Crippen MR) is 118 cm³/mol. The van der Waals surface area contributed by atoms with Gasteiger partial charge in [0, 0.05) is 12.1 Å². The summed E-state index contributed by atoms with van der Waals surface area (Å²) in [6, 6.07) is 14.2. The molecule has 1 unspecified atom stereocenters. The molecule has 1 saturated heterocycles. The van der Waals surface area contributed by atoms with Crippen molar-refractivity contribution in [3.8, 4) is 22.1 Å².